The van der Waals surface area contributed by atoms with Gasteiger partial charge in [0.25, 0.3) is 0 Å². The lowest BCUT2D eigenvalue weighted by molar-refractivity contribution is 0.0698. The van der Waals surface area contributed by atoms with Crippen LogP contribution in [0.2, 0.25) is 0 Å². The Morgan fingerprint density at radius 1 is 1.08 bits per heavy atom. The minimum absolute atomic E-state index is 0.0129. The molecule has 0 amide bonds. The maximum atomic E-state index is 12.5. The number of benzene rings is 2. The third kappa shape index (κ3) is 3.81. The van der Waals surface area contributed by atoms with Crippen LogP contribution in [0.4, 0.5) is 0 Å². The van der Waals surface area contributed by atoms with Crippen molar-refractivity contribution in [3.8, 4) is 17.2 Å². The maximum absolute atomic E-state index is 12.5. The van der Waals surface area contributed by atoms with Crippen molar-refractivity contribution in [2.24, 2.45) is 0 Å². The highest BCUT2D eigenvalue weighted by molar-refractivity contribution is 6.07. The summed E-state index contributed by atoms with van der Waals surface area (Å²) in [6.07, 6.45) is 6.78. The van der Waals surface area contributed by atoms with Crippen molar-refractivity contribution in [3.63, 3.8) is 0 Å². The van der Waals surface area contributed by atoms with E-state index >= 15 is 0 Å². The first-order valence-electron chi connectivity index (χ1n) is 12.2. The van der Waals surface area contributed by atoms with Crippen molar-refractivity contribution < 1.29 is 23.5 Å². The monoisotopic (exact) mass is 482 g/mol. The number of ether oxygens (including phenoxy) is 1. The van der Waals surface area contributed by atoms with Crippen molar-refractivity contribution in [1.29, 1.82) is 0 Å². The second-order valence-electron chi connectivity index (χ2n) is 9.48. The zero-order chi connectivity index (χ0) is 24.8. The average molecular weight is 483 g/mol. The number of aromatic nitrogens is 2. The molecule has 0 unspecified atom stereocenters. The zero-order valence-corrected chi connectivity index (χ0v) is 20.2. The number of hydrogen-bond donors (Lipinski definition) is 1. The molecule has 0 atom stereocenters. The first kappa shape index (κ1) is 22.3. The number of fused-ring (bicyclic) bond motifs is 2. The van der Waals surface area contributed by atoms with Gasteiger partial charge in [0.1, 0.15) is 23.3 Å². The van der Waals surface area contributed by atoms with Gasteiger partial charge in [0.05, 0.1) is 28.8 Å². The fourth-order valence-electron chi connectivity index (χ4n) is 5.29. The summed E-state index contributed by atoms with van der Waals surface area (Å²) in [6, 6.07) is 13.2. The molecule has 1 saturated carbocycles. The smallest absolute Gasteiger partial charge is 0.336 e. The number of pyridine rings is 1. The van der Waals surface area contributed by atoms with Crippen LogP contribution in [0.3, 0.4) is 0 Å². The van der Waals surface area contributed by atoms with Gasteiger partial charge in [-0.05, 0) is 63.3 Å². The van der Waals surface area contributed by atoms with E-state index in [0.29, 0.717) is 34.0 Å². The standard InChI is InChI=1S/C29H26N2O5/c1-16-7-12-24(35-19-10-8-18(9-11-19)28-30-13-14-34-28)25-21(29(32)33)15-22(31-26(16)25)27-17(2)20-5-3-4-6-23(20)36-27/h3-7,12-15,18-19H,8-11H2,1-2H3,(H,32,33)/t18-,19-. The molecular formula is C29H26N2O5. The minimum atomic E-state index is -1.03. The molecular weight excluding hydrogens is 456 g/mol. The number of rotatable bonds is 5. The van der Waals surface area contributed by atoms with Crippen molar-refractivity contribution in [1.82, 2.24) is 9.97 Å². The molecule has 7 nitrogen and oxygen atoms in total. The Balaban J connectivity index is 1.39. The molecule has 3 aromatic heterocycles. The summed E-state index contributed by atoms with van der Waals surface area (Å²) < 4.78 is 18.0. The number of hydrogen-bond acceptors (Lipinski definition) is 6. The van der Waals surface area contributed by atoms with Crippen molar-refractivity contribution >= 4 is 27.8 Å². The summed E-state index contributed by atoms with van der Waals surface area (Å²) in [7, 11) is 0. The highest BCUT2D eigenvalue weighted by Crippen LogP contribution is 2.39. The number of carboxylic acids is 1. The SMILES string of the molecule is Cc1c(-c2cc(C(=O)O)c3c(O[C@H]4CC[C@H](c5ncco5)CC4)ccc(C)c3n2)oc2ccccc12. The molecule has 0 aliphatic heterocycles. The third-order valence-corrected chi connectivity index (χ3v) is 7.20. The molecule has 0 spiro atoms. The van der Waals surface area contributed by atoms with Crippen LogP contribution in [0, 0.1) is 13.8 Å². The van der Waals surface area contributed by atoms with Gasteiger partial charge in [-0.3, -0.25) is 0 Å². The second-order valence-corrected chi connectivity index (χ2v) is 9.48. The van der Waals surface area contributed by atoms with E-state index in [-0.39, 0.29) is 11.7 Å². The normalized spacial score (nSPS) is 18.1. The van der Waals surface area contributed by atoms with Gasteiger partial charge in [0, 0.05) is 16.9 Å². The quantitative estimate of drug-likeness (QED) is 0.286. The number of carbonyl (C=O) groups is 1. The Hall–Kier alpha value is -4.13. The van der Waals surface area contributed by atoms with E-state index in [1.54, 1.807) is 18.5 Å². The van der Waals surface area contributed by atoms with Gasteiger partial charge < -0.3 is 18.7 Å². The van der Waals surface area contributed by atoms with Gasteiger partial charge >= 0.3 is 5.97 Å². The second kappa shape index (κ2) is 8.82. The van der Waals surface area contributed by atoms with Crippen LogP contribution >= 0.6 is 0 Å². The van der Waals surface area contributed by atoms with Crippen molar-refractivity contribution in [2.45, 2.75) is 51.6 Å². The Morgan fingerprint density at radius 2 is 1.89 bits per heavy atom. The van der Waals surface area contributed by atoms with Gasteiger partial charge in [-0.25, -0.2) is 14.8 Å². The number of carboxylic acid groups (broad SMARTS) is 1. The number of para-hydroxylation sites is 1. The predicted octanol–water partition coefficient (Wildman–Crippen LogP) is 7.06. The summed E-state index contributed by atoms with van der Waals surface area (Å²) >= 11 is 0. The highest BCUT2D eigenvalue weighted by atomic mass is 16.5. The van der Waals surface area contributed by atoms with Gasteiger partial charge in [-0.15, -0.1) is 0 Å². The Labute approximate surface area is 207 Å². The van der Waals surface area contributed by atoms with E-state index in [1.807, 2.05) is 50.2 Å². The number of oxazole rings is 1. The largest absolute Gasteiger partial charge is 0.490 e. The van der Waals surface area contributed by atoms with E-state index in [4.69, 9.17) is 18.6 Å². The van der Waals surface area contributed by atoms with Crippen LogP contribution in [0.5, 0.6) is 5.75 Å². The van der Waals surface area contributed by atoms with E-state index in [2.05, 4.69) is 4.98 Å². The fourth-order valence-corrected chi connectivity index (χ4v) is 5.29. The number of aromatic carboxylic acids is 1. The number of furan rings is 1. The van der Waals surface area contributed by atoms with Crippen LogP contribution in [0.15, 0.2) is 63.8 Å². The Kier molecular flexibility index (Phi) is 5.48. The van der Waals surface area contributed by atoms with Gasteiger partial charge in [0.15, 0.2) is 11.7 Å². The lowest BCUT2D eigenvalue weighted by atomic mass is 9.87. The van der Waals surface area contributed by atoms with Crippen LogP contribution in [0.25, 0.3) is 33.3 Å². The summed E-state index contributed by atoms with van der Waals surface area (Å²) in [6.45, 7) is 3.90. The van der Waals surface area contributed by atoms with Crippen LogP contribution in [-0.2, 0) is 0 Å². The lowest BCUT2D eigenvalue weighted by Gasteiger charge is -2.28. The van der Waals surface area contributed by atoms with Crippen LogP contribution in [0.1, 0.15) is 59.0 Å². The molecule has 36 heavy (non-hydrogen) atoms. The molecule has 0 bridgehead atoms. The van der Waals surface area contributed by atoms with Gasteiger partial charge in [-0.1, -0.05) is 24.3 Å². The molecule has 1 N–H and O–H groups in total. The van der Waals surface area contributed by atoms with E-state index in [9.17, 15) is 9.90 Å². The molecule has 3 heterocycles. The number of aryl methyl sites for hydroxylation is 2. The summed E-state index contributed by atoms with van der Waals surface area (Å²) in [4.78, 5) is 21.6. The first-order valence-corrected chi connectivity index (χ1v) is 12.2. The molecule has 182 valence electrons. The summed E-state index contributed by atoms with van der Waals surface area (Å²) in [5, 5.41) is 11.7. The van der Waals surface area contributed by atoms with E-state index < -0.39 is 5.97 Å². The molecule has 0 radical (unpaired) electrons. The first-order chi connectivity index (χ1) is 17.5. The zero-order valence-electron chi connectivity index (χ0n) is 20.2. The molecule has 1 aliphatic rings. The summed E-state index contributed by atoms with van der Waals surface area (Å²) in [5.74, 6) is 1.17. The predicted molar refractivity (Wildman–Crippen MR) is 136 cm³/mol. The van der Waals surface area contributed by atoms with E-state index in [0.717, 1.165) is 53.7 Å². The highest BCUT2D eigenvalue weighted by Gasteiger charge is 2.28. The lowest BCUT2D eigenvalue weighted by Crippen LogP contribution is -2.23. The molecule has 5 aromatic rings. The number of nitrogens with zero attached hydrogens (tertiary/aromatic N) is 2. The van der Waals surface area contributed by atoms with Gasteiger partial charge in [-0.2, -0.15) is 0 Å². The average Bonchev–Trinajstić information content (AvgIpc) is 3.54. The Bertz CT molecular complexity index is 1580. The molecule has 7 heteroatoms. The van der Waals surface area contributed by atoms with Gasteiger partial charge in [0.2, 0.25) is 0 Å². The minimum Gasteiger partial charge on any atom is -0.490 e. The molecule has 6 rings (SSSR count). The molecule has 1 fully saturated rings. The molecule has 0 saturated heterocycles. The van der Waals surface area contributed by atoms with Crippen LogP contribution < -0.4 is 4.74 Å². The maximum Gasteiger partial charge on any atom is 0.336 e. The fraction of sp³-hybridized carbons (Fsp3) is 0.276. The topological polar surface area (TPSA) is 98.6 Å². The van der Waals surface area contributed by atoms with E-state index in [1.165, 1.54) is 0 Å². The Morgan fingerprint density at radius 3 is 2.61 bits per heavy atom. The van der Waals surface area contributed by atoms with Crippen molar-refractivity contribution in [2.75, 3.05) is 0 Å². The molecule has 2 aromatic carbocycles. The van der Waals surface area contributed by atoms with Crippen LogP contribution in [-0.4, -0.2) is 27.1 Å². The molecule has 1 aliphatic carbocycles. The van der Waals surface area contributed by atoms with Crippen molar-refractivity contribution in [3.05, 3.63) is 77.5 Å². The third-order valence-electron chi connectivity index (χ3n) is 7.20. The summed E-state index contributed by atoms with van der Waals surface area (Å²) in [5.41, 5.74) is 3.82.